The maximum Gasteiger partial charge on any atom is 0.313 e. The Bertz CT molecular complexity index is 852. The first-order valence-electron chi connectivity index (χ1n) is 10.2. The second-order valence-electron chi connectivity index (χ2n) is 6.63. The van der Waals surface area contributed by atoms with Gasteiger partial charge in [-0.1, -0.05) is 0 Å². The van der Waals surface area contributed by atoms with Crippen LogP contribution in [0.5, 0.6) is 5.75 Å². The maximum atomic E-state index is 13.4. The molecule has 0 spiro atoms. The van der Waals surface area contributed by atoms with Gasteiger partial charge in [-0.15, -0.1) is 0 Å². The molecule has 2 amide bonds. The first-order chi connectivity index (χ1) is 16.3. The molecular formula is C21H23F4NO8. The van der Waals surface area contributed by atoms with Gasteiger partial charge in [0.1, 0.15) is 0 Å². The van der Waals surface area contributed by atoms with Crippen LogP contribution >= 0.6 is 0 Å². The second-order valence-corrected chi connectivity index (χ2v) is 6.63. The molecular weight excluding hydrogens is 470 g/mol. The lowest BCUT2D eigenvalue weighted by atomic mass is 10.3. The van der Waals surface area contributed by atoms with E-state index in [1.807, 2.05) is 0 Å². The average Bonchev–Trinajstić information content (AvgIpc) is 3.12. The van der Waals surface area contributed by atoms with Crippen molar-refractivity contribution in [2.45, 2.75) is 6.42 Å². The molecule has 1 aromatic carbocycles. The molecule has 188 valence electrons. The van der Waals surface area contributed by atoms with Crippen LogP contribution in [0.4, 0.5) is 17.6 Å². The summed E-state index contributed by atoms with van der Waals surface area (Å²) in [5.74, 6) is -10.3. The van der Waals surface area contributed by atoms with Crippen LogP contribution in [0.15, 0.2) is 18.2 Å². The van der Waals surface area contributed by atoms with Crippen LogP contribution in [0, 0.1) is 23.3 Å². The van der Waals surface area contributed by atoms with Crippen LogP contribution in [0.1, 0.15) is 6.42 Å². The molecule has 0 radical (unpaired) electrons. The molecule has 0 fully saturated rings. The molecule has 34 heavy (non-hydrogen) atoms. The molecule has 0 saturated heterocycles. The summed E-state index contributed by atoms with van der Waals surface area (Å²) in [4.78, 5) is 35.3. The minimum Gasteiger partial charge on any atom is -0.420 e. The summed E-state index contributed by atoms with van der Waals surface area (Å²) in [6, 6.07) is 0.00668. The van der Waals surface area contributed by atoms with E-state index in [0.717, 1.165) is 4.90 Å². The van der Waals surface area contributed by atoms with E-state index in [-0.39, 0.29) is 70.7 Å². The van der Waals surface area contributed by atoms with Crippen LogP contribution in [-0.2, 0) is 33.3 Å². The van der Waals surface area contributed by atoms with E-state index in [1.165, 1.54) is 12.2 Å². The Hall–Kier alpha value is -2.87. The highest BCUT2D eigenvalue weighted by atomic mass is 19.2. The number of hydrogen-bond donors (Lipinski definition) is 0. The molecule has 0 aromatic heterocycles. The molecule has 0 atom stereocenters. The lowest BCUT2D eigenvalue weighted by molar-refractivity contribution is -0.138. The van der Waals surface area contributed by atoms with Gasteiger partial charge in [-0.05, 0) is 0 Å². The molecule has 1 aliphatic heterocycles. The fourth-order valence-corrected chi connectivity index (χ4v) is 2.53. The number of nitrogens with zero attached hydrogens (tertiary/aromatic N) is 1. The fourth-order valence-electron chi connectivity index (χ4n) is 2.53. The van der Waals surface area contributed by atoms with Crippen molar-refractivity contribution in [1.82, 2.24) is 4.90 Å². The third kappa shape index (κ3) is 8.82. The summed E-state index contributed by atoms with van der Waals surface area (Å²) in [5.41, 5.74) is 0. The Kier molecular flexibility index (Phi) is 11.6. The third-order valence-electron chi connectivity index (χ3n) is 4.21. The van der Waals surface area contributed by atoms with E-state index < -0.39 is 41.4 Å². The molecule has 13 heteroatoms. The predicted molar refractivity (Wildman–Crippen MR) is 106 cm³/mol. The van der Waals surface area contributed by atoms with Crippen molar-refractivity contribution in [2.75, 3.05) is 59.4 Å². The lowest BCUT2D eigenvalue weighted by Crippen LogP contribution is -2.33. The number of halogens is 4. The van der Waals surface area contributed by atoms with E-state index in [1.54, 1.807) is 0 Å². The van der Waals surface area contributed by atoms with Crippen molar-refractivity contribution in [1.29, 1.82) is 0 Å². The molecule has 0 unspecified atom stereocenters. The normalized spacial score (nSPS) is 13.2. The molecule has 2 rings (SSSR count). The minimum absolute atomic E-state index is 0.00668. The number of rotatable bonds is 16. The molecule has 1 aromatic rings. The Balaban J connectivity index is 1.40. The van der Waals surface area contributed by atoms with Crippen LogP contribution in [0.25, 0.3) is 0 Å². The van der Waals surface area contributed by atoms with Crippen molar-refractivity contribution < 1.29 is 55.6 Å². The lowest BCUT2D eigenvalue weighted by Gasteiger charge is -2.13. The highest BCUT2D eigenvalue weighted by Gasteiger charge is 2.23. The van der Waals surface area contributed by atoms with Crippen molar-refractivity contribution >= 4 is 17.8 Å². The molecule has 0 bridgehead atoms. The molecule has 9 nitrogen and oxygen atoms in total. The summed E-state index contributed by atoms with van der Waals surface area (Å²) in [6.07, 6.45) is 2.00. The van der Waals surface area contributed by atoms with Crippen LogP contribution in [-0.4, -0.2) is 82.1 Å². The van der Waals surface area contributed by atoms with E-state index >= 15 is 0 Å². The van der Waals surface area contributed by atoms with Gasteiger partial charge in [0, 0.05) is 18.2 Å². The summed E-state index contributed by atoms with van der Waals surface area (Å²) in [7, 11) is 0. The molecule has 1 heterocycles. The number of amides is 2. The summed E-state index contributed by atoms with van der Waals surface area (Å²) >= 11 is 0. The number of carbonyl (C=O) groups excluding carboxylic acids is 3. The van der Waals surface area contributed by atoms with Crippen LogP contribution < -0.4 is 4.74 Å². The van der Waals surface area contributed by atoms with E-state index in [2.05, 4.69) is 4.74 Å². The zero-order valence-corrected chi connectivity index (χ0v) is 18.0. The van der Waals surface area contributed by atoms with Gasteiger partial charge in [-0.25, -0.2) is 8.78 Å². The van der Waals surface area contributed by atoms with Crippen molar-refractivity contribution in [3.63, 3.8) is 0 Å². The summed E-state index contributed by atoms with van der Waals surface area (Å²) in [5, 5.41) is 0. The number of ether oxygens (including phenoxy) is 5. The molecule has 0 aliphatic carbocycles. The van der Waals surface area contributed by atoms with Gasteiger partial charge in [-0.3, -0.25) is 19.3 Å². The first kappa shape index (κ1) is 27.4. The fraction of sp³-hybridized carbons (Fsp3) is 0.476. The van der Waals surface area contributed by atoms with Gasteiger partial charge < -0.3 is 23.7 Å². The summed E-state index contributed by atoms with van der Waals surface area (Å²) in [6.45, 7) is 1.60. The highest BCUT2D eigenvalue weighted by molar-refractivity contribution is 6.12. The second kappa shape index (κ2) is 14.4. The summed E-state index contributed by atoms with van der Waals surface area (Å²) < 4.78 is 78.2. The zero-order chi connectivity index (χ0) is 24.9. The van der Waals surface area contributed by atoms with Crippen molar-refractivity contribution in [3.8, 4) is 5.75 Å². The van der Waals surface area contributed by atoms with Gasteiger partial charge in [-0.2, -0.15) is 8.78 Å². The highest BCUT2D eigenvalue weighted by Crippen LogP contribution is 2.26. The zero-order valence-electron chi connectivity index (χ0n) is 18.0. The van der Waals surface area contributed by atoms with Gasteiger partial charge in [0.2, 0.25) is 17.4 Å². The standard InChI is InChI=1S/C21H23F4NO8/c22-14-13-15(23)20(25)21(19(14)24)34-18(29)3-5-30-7-9-32-11-12-33-10-8-31-6-4-26-16(27)1-2-17(26)28/h1-2,13H,3-12H2. The van der Waals surface area contributed by atoms with E-state index in [0.29, 0.717) is 6.61 Å². The van der Waals surface area contributed by atoms with Gasteiger partial charge in [0.25, 0.3) is 11.8 Å². The van der Waals surface area contributed by atoms with Crippen LogP contribution in [0.2, 0.25) is 0 Å². The largest absolute Gasteiger partial charge is 0.420 e. The average molecular weight is 493 g/mol. The number of benzene rings is 1. The van der Waals surface area contributed by atoms with Crippen molar-refractivity contribution in [3.05, 3.63) is 41.5 Å². The quantitative estimate of drug-likeness (QED) is 0.0854. The third-order valence-corrected chi connectivity index (χ3v) is 4.21. The van der Waals surface area contributed by atoms with E-state index in [9.17, 15) is 31.9 Å². The smallest absolute Gasteiger partial charge is 0.313 e. The number of hydrogen-bond acceptors (Lipinski definition) is 8. The topological polar surface area (TPSA) is 101 Å². The van der Waals surface area contributed by atoms with Gasteiger partial charge in [0.15, 0.2) is 11.6 Å². The monoisotopic (exact) mass is 493 g/mol. The SMILES string of the molecule is O=C(CCOCCOCCOCCOCCN1C(=O)C=CC1=O)Oc1c(F)c(F)cc(F)c1F. The predicted octanol–water partition coefficient (Wildman–Crippen LogP) is 1.53. The molecule has 1 aliphatic rings. The molecule has 0 saturated carbocycles. The maximum absolute atomic E-state index is 13.4. The number of esters is 1. The number of carbonyl (C=O) groups is 3. The Labute approximate surface area is 192 Å². The minimum atomic E-state index is -1.80. The number of imide groups is 1. The van der Waals surface area contributed by atoms with Gasteiger partial charge >= 0.3 is 5.97 Å². The van der Waals surface area contributed by atoms with Crippen molar-refractivity contribution in [2.24, 2.45) is 0 Å². The van der Waals surface area contributed by atoms with E-state index in [4.69, 9.17) is 18.9 Å². The van der Waals surface area contributed by atoms with Gasteiger partial charge in [0.05, 0.1) is 65.8 Å². The first-order valence-corrected chi connectivity index (χ1v) is 10.2. The Morgan fingerprint density at radius 2 is 1.15 bits per heavy atom. The Morgan fingerprint density at radius 1 is 0.706 bits per heavy atom. The molecule has 0 N–H and O–H groups in total. The van der Waals surface area contributed by atoms with Crippen LogP contribution in [0.3, 0.4) is 0 Å². The Morgan fingerprint density at radius 3 is 1.65 bits per heavy atom.